The van der Waals surface area contributed by atoms with Crippen LogP contribution in [0.1, 0.15) is 50.5 Å². The predicted octanol–water partition coefficient (Wildman–Crippen LogP) is 3.08. The first-order valence-electron chi connectivity index (χ1n) is 7.38. The zero-order valence-electron chi connectivity index (χ0n) is 12.5. The molecule has 1 fully saturated rings. The third kappa shape index (κ3) is 4.48. The summed E-state index contributed by atoms with van der Waals surface area (Å²) in [6, 6.07) is 4.65. The quantitative estimate of drug-likeness (QED) is 0.794. The van der Waals surface area contributed by atoms with Crippen molar-refractivity contribution >= 4 is 16.0 Å². The molecule has 2 rings (SSSR count). The van der Waals surface area contributed by atoms with Gasteiger partial charge in [0.25, 0.3) is 6.43 Å². The first-order chi connectivity index (χ1) is 10.7. The van der Waals surface area contributed by atoms with Crippen LogP contribution in [0.25, 0.3) is 0 Å². The van der Waals surface area contributed by atoms with Crippen molar-refractivity contribution < 1.29 is 27.1 Å². The monoisotopic (exact) mass is 347 g/mol. The molecule has 1 aliphatic carbocycles. The minimum atomic E-state index is -3.98. The van der Waals surface area contributed by atoms with Crippen molar-refractivity contribution in [3.63, 3.8) is 0 Å². The SMILES string of the molecule is O=C(O)CCC1(NS(=O)(=O)c2cccc(C(F)F)c2)CCCC1. The van der Waals surface area contributed by atoms with Gasteiger partial charge in [0.2, 0.25) is 10.0 Å². The van der Waals surface area contributed by atoms with Crippen molar-refractivity contribution in [2.24, 2.45) is 0 Å². The number of nitrogens with one attached hydrogen (secondary N) is 1. The highest BCUT2D eigenvalue weighted by Crippen LogP contribution is 2.35. The van der Waals surface area contributed by atoms with Crippen LogP contribution in [0.3, 0.4) is 0 Å². The number of sulfonamides is 1. The minimum Gasteiger partial charge on any atom is -0.481 e. The molecule has 128 valence electrons. The zero-order chi connectivity index (χ0) is 17.1. The molecule has 1 aromatic rings. The van der Waals surface area contributed by atoms with Crippen molar-refractivity contribution in [1.82, 2.24) is 4.72 Å². The number of aliphatic carboxylic acids is 1. The Hall–Kier alpha value is -1.54. The summed E-state index contributed by atoms with van der Waals surface area (Å²) in [5, 5.41) is 8.84. The lowest BCUT2D eigenvalue weighted by atomic mass is 9.93. The summed E-state index contributed by atoms with van der Waals surface area (Å²) in [7, 11) is -3.98. The highest BCUT2D eigenvalue weighted by molar-refractivity contribution is 7.89. The third-order valence-corrected chi connectivity index (χ3v) is 5.73. The lowest BCUT2D eigenvalue weighted by Crippen LogP contribution is -2.46. The van der Waals surface area contributed by atoms with E-state index < -0.39 is 28.0 Å². The maximum atomic E-state index is 12.7. The molecule has 0 heterocycles. The van der Waals surface area contributed by atoms with Crippen LogP contribution in [0.15, 0.2) is 29.2 Å². The van der Waals surface area contributed by atoms with Gasteiger partial charge in [-0.2, -0.15) is 0 Å². The molecule has 0 spiro atoms. The fourth-order valence-electron chi connectivity index (χ4n) is 2.96. The molecule has 1 saturated carbocycles. The molecule has 0 unspecified atom stereocenters. The first kappa shape index (κ1) is 17.8. The summed E-state index contributed by atoms with van der Waals surface area (Å²) in [6.45, 7) is 0. The van der Waals surface area contributed by atoms with Gasteiger partial charge in [-0.15, -0.1) is 0 Å². The van der Waals surface area contributed by atoms with Crippen LogP contribution in [0, 0.1) is 0 Å². The summed E-state index contributed by atoms with van der Waals surface area (Å²) in [5.74, 6) is -0.991. The van der Waals surface area contributed by atoms with Crippen molar-refractivity contribution in [2.45, 2.75) is 55.4 Å². The molecular weight excluding hydrogens is 328 g/mol. The number of carbonyl (C=O) groups is 1. The predicted molar refractivity (Wildman–Crippen MR) is 79.8 cm³/mol. The molecule has 0 atom stereocenters. The van der Waals surface area contributed by atoms with Gasteiger partial charge in [0, 0.05) is 17.5 Å². The third-order valence-electron chi connectivity index (χ3n) is 4.15. The number of rotatable bonds is 7. The summed E-state index contributed by atoms with van der Waals surface area (Å²) in [6.07, 6.45) is 0.00791. The average Bonchev–Trinajstić information content (AvgIpc) is 2.93. The summed E-state index contributed by atoms with van der Waals surface area (Å²) in [4.78, 5) is 10.6. The minimum absolute atomic E-state index is 0.139. The maximum absolute atomic E-state index is 12.7. The van der Waals surface area contributed by atoms with Gasteiger partial charge in [0.05, 0.1) is 4.90 Å². The van der Waals surface area contributed by atoms with Gasteiger partial charge >= 0.3 is 5.97 Å². The van der Waals surface area contributed by atoms with Crippen LogP contribution >= 0.6 is 0 Å². The molecule has 0 aliphatic heterocycles. The van der Waals surface area contributed by atoms with Crippen molar-refractivity contribution in [1.29, 1.82) is 0 Å². The largest absolute Gasteiger partial charge is 0.481 e. The molecule has 0 saturated heterocycles. The van der Waals surface area contributed by atoms with E-state index in [2.05, 4.69) is 4.72 Å². The Labute approximate surface area is 133 Å². The van der Waals surface area contributed by atoms with Crippen LogP contribution in [0.2, 0.25) is 0 Å². The molecule has 0 aromatic heterocycles. The molecule has 0 amide bonds. The first-order valence-corrected chi connectivity index (χ1v) is 8.86. The van der Waals surface area contributed by atoms with Crippen LogP contribution in [0.5, 0.6) is 0 Å². The Balaban J connectivity index is 2.24. The van der Waals surface area contributed by atoms with Gasteiger partial charge in [0.15, 0.2) is 0 Å². The number of hydrogen-bond donors (Lipinski definition) is 2. The lowest BCUT2D eigenvalue weighted by molar-refractivity contribution is -0.137. The number of alkyl halides is 2. The highest BCUT2D eigenvalue weighted by atomic mass is 32.2. The molecule has 0 radical (unpaired) electrons. The van der Waals surface area contributed by atoms with Crippen LogP contribution in [-0.2, 0) is 14.8 Å². The van der Waals surface area contributed by atoms with Crippen molar-refractivity contribution in [3.8, 4) is 0 Å². The van der Waals surface area contributed by atoms with Crippen molar-refractivity contribution in [3.05, 3.63) is 29.8 Å². The Morgan fingerprint density at radius 2 is 1.96 bits per heavy atom. The van der Waals surface area contributed by atoms with E-state index in [0.29, 0.717) is 12.8 Å². The number of carboxylic acids is 1. The van der Waals surface area contributed by atoms with E-state index in [1.54, 1.807) is 0 Å². The van der Waals surface area contributed by atoms with Gasteiger partial charge in [-0.05, 0) is 31.4 Å². The van der Waals surface area contributed by atoms with Crippen LogP contribution in [0.4, 0.5) is 8.78 Å². The van der Waals surface area contributed by atoms with E-state index >= 15 is 0 Å². The molecule has 0 bridgehead atoms. The average molecular weight is 347 g/mol. The molecule has 1 aromatic carbocycles. The topological polar surface area (TPSA) is 83.5 Å². The van der Waals surface area contributed by atoms with E-state index in [4.69, 9.17) is 5.11 Å². The van der Waals surface area contributed by atoms with Gasteiger partial charge in [-0.1, -0.05) is 25.0 Å². The Bertz CT molecular complexity index is 670. The van der Waals surface area contributed by atoms with E-state index in [1.807, 2.05) is 0 Å². The summed E-state index contributed by atoms with van der Waals surface area (Å²) < 4.78 is 53.1. The second-order valence-corrected chi connectivity index (χ2v) is 7.54. The second kappa shape index (κ2) is 6.92. The van der Waals surface area contributed by atoms with E-state index in [0.717, 1.165) is 18.9 Å². The lowest BCUT2D eigenvalue weighted by Gasteiger charge is -2.29. The van der Waals surface area contributed by atoms with Gasteiger partial charge < -0.3 is 5.11 Å². The Kier molecular flexibility index (Phi) is 5.36. The van der Waals surface area contributed by atoms with Gasteiger partial charge in [0.1, 0.15) is 0 Å². The highest BCUT2D eigenvalue weighted by Gasteiger charge is 2.38. The van der Waals surface area contributed by atoms with E-state index in [-0.39, 0.29) is 23.3 Å². The number of hydrogen-bond acceptors (Lipinski definition) is 3. The maximum Gasteiger partial charge on any atom is 0.303 e. The Morgan fingerprint density at radius 3 is 2.52 bits per heavy atom. The molecular formula is C15H19F2NO4S. The van der Waals surface area contributed by atoms with Crippen molar-refractivity contribution in [2.75, 3.05) is 0 Å². The molecule has 23 heavy (non-hydrogen) atoms. The summed E-state index contributed by atoms with van der Waals surface area (Å²) in [5.41, 5.74) is -1.17. The van der Waals surface area contributed by atoms with Crippen LogP contribution in [-0.4, -0.2) is 25.0 Å². The standard InChI is InChI=1S/C15H19F2NO4S/c16-14(17)11-4-3-5-12(10-11)23(21,22)18-15(7-1-2-8-15)9-6-13(19)20/h3-5,10,14,18H,1-2,6-9H2,(H,19,20). The van der Waals surface area contributed by atoms with E-state index in [9.17, 15) is 22.0 Å². The Morgan fingerprint density at radius 1 is 1.30 bits per heavy atom. The zero-order valence-corrected chi connectivity index (χ0v) is 13.3. The molecule has 8 heteroatoms. The normalized spacial score (nSPS) is 17.5. The second-order valence-electron chi connectivity index (χ2n) is 5.86. The van der Waals surface area contributed by atoms with Crippen LogP contribution < -0.4 is 4.72 Å². The number of carboxylic acid groups (broad SMARTS) is 1. The molecule has 5 nitrogen and oxygen atoms in total. The van der Waals surface area contributed by atoms with Gasteiger partial charge in [-0.25, -0.2) is 21.9 Å². The molecule has 1 aliphatic rings. The molecule has 2 N–H and O–H groups in total. The summed E-state index contributed by atoms with van der Waals surface area (Å²) >= 11 is 0. The van der Waals surface area contributed by atoms with Gasteiger partial charge in [-0.3, -0.25) is 4.79 Å². The smallest absolute Gasteiger partial charge is 0.303 e. The fraction of sp³-hybridized carbons (Fsp3) is 0.533. The number of benzene rings is 1. The fourth-order valence-corrected chi connectivity index (χ4v) is 4.51. The van der Waals surface area contributed by atoms with E-state index in [1.165, 1.54) is 18.2 Å². The number of halogens is 2.